The first-order valence-electron chi connectivity index (χ1n) is 8.86. The zero-order valence-electron chi connectivity index (χ0n) is 14.4. The summed E-state index contributed by atoms with van der Waals surface area (Å²) in [6.07, 6.45) is 4.38. The number of nitrogens with zero attached hydrogens (tertiary/aromatic N) is 3. The number of urea groups is 1. The van der Waals surface area contributed by atoms with Gasteiger partial charge in [-0.1, -0.05) is 49.6 Å². The van der Waals surface area contributed by atoms with Crippen LogP contribution in [-0.4, -0.2) is 51.2 Å². The van der Waals surface area contributed by atoms with Gasteiger partial charge in [-0.15, -0.1) is 0 Å². The highest BCUT2D eigenvalue weighted by molar-refractivity contribution is 6.18. The summed E-state index contributed by atoms with van der Waals surface area (Å²) in [5, 5.41) is 11.3. The molecule has 1 aromatic carbocycles. The molecule has 0 radical (unpaired) electrons. The number of imide groups is 2. The predicted octanol–water partition coefficient (Wildman–Crippen LogP) is 2.00. The summed E-state index contributed by atoms with van der Waals surface area (Å²) in [6.45, 7) is 0.0164. The number of hydrogen-bond acceptors (Lipinski definition) is 5. The summed E-state index contributed by atoms with van der Waals surface area (Å²) in [6, 6.07) is 6.14. The van der Waals surface area contributed by atoms with E-state index in [2.05, 4.69) is 0 Å². The molecule has 0 bridgehead atoms. The van der Waals surface area contributed by atoms with Crippen molar-refractivity contribution in [3.63, 3.8) is 0 Å². The lowest BCUT2D eigenvalue weighted by molar-refractivity contribution is -0.497. The zero-order valence-corrected chi connectivity index (χ0v) is 14.4. The van der Waals surface area contributed by atoms with E-state index in [1.807, 2.05) is 30.3 Å². The fourth-order valence-corrected chi connectivity index (χ4v) is 3.65. The molecule has 1 atom stereocenters. The minimum atomic E-state index is -2.02. The molecule has 138 valence electrons. The van der Waals surface area contributed by atoms with Crippen LogP contribution in [0.4, 0.5) is 4.79 Å². The first-order valence-corrected chi connectivity index (χ1v) is 8.86. The molecule has 4 amide bonds. The van der Waals surface area contributed by atoms with E-state index in [1.165, 1.54) is 0 Å². The summed E-state index contributed by atoms with van der Waals surface area (Å²) in [7, 11) is 0. The number of barbiturate groups is 1. The topological polar surface area (TPSA) is 101 Å². The zero-order chi connectivity index (χ0) is 18.7. The molecule has 2 aliphatic rings. The van der Waals surface area contributed by atoms with Crippen LogP contribution in [0.15, 0.2) is 30.3 Å². The maximum atomic E-state index is 12.8. The fraction of sp³-hybridized carbons (Fsp3) is 0.500. The van der Waals surface area contributed by atoms with E-state index in [1.54, 1.807) is 0 Å². The monoisotopic (exact) mass is 359 g/mol. The first kappa shape index (κ1) is 18.0. The number of carbonyl (C=O) groups is 3. The molecule has 1 aliphatic carbocycles. The van der Waals surface area contributed by atoms with Gasteiger partial charge in [-0.25, -0.2) is 4.79 Å². The molecule has 8 nitrogen and oxygen atoms in total. The second-order valence-electron chi connectivity index (χ2n) is 6.70. The molecule has 1 saturated carbocycles. The number of nitro groups is 1. The second kappa shape index (κ2) is 7.63. The van der Waals surface area contributed by atoms with E-state index in [4.69, 9.17) is 0 Å². The highest BCUT2D eigenvalue weighted by Crippen LogP contribution is 2.27. The molecule has 0 aromatic heterocycles. The Morgan fingerprint density at radius 1 is 1.00 bits per heavy atom. The van der Waals surface area contributed by atoms with Crippen LogP contribution in [-0.2, 0) is 16.0 Å². The van der Waals surface area contributed by atoms with Crippen molar-refractivity contribution in [3.8, 4) is 0 Å². The number of hydrogen-bond donors (Lipinski definition) is 0. The van der Waals surface area contributed by atoms with Crippen LogP contribution in [0.2, 0.25) is 0 Å². The number of carbonyl (C=O) groups excluding carboxylic acids is 3. The fourth-order valence-electron chi connectivity index (χ4n) is 3.65. The number of benzene rings is 1. The summed E-state index contributed by atoms with van der Waals surface area (Å²) in [5.41, 5.74) is 0.909. The highest BCUT2D eigenvalue weighted by atomic mass is 16.6. The van der Waals surface area contributed by atoms with Gasteiger partial charge in [0.2, 0.25) is 0 Å². The van der Waals surface area contributed by atoms with Gasteiger partial charge < -0.3 is 0 Å². The largest absolute Gasteiger partial charge is 0.367 e. The summed E-state index contributed by atoms with van der Waals surface area (Å²) < 4.78 is 0. The Hall–Kier alpha value is -2.77. The Morgan fingerprint density at radius 3 is 2.27 bits per heavy atom. The Labute approximate surface area is 150 Å². The maximum Gasteiger partial charge on any atom is 0.367 e. The Kier molecular flexibility index (Phi) is 5.29. The van der Waals surface area contributed by atoms with Crippen molar-refractivity contribution in [2.24, 2.45) is 0 Å². The third kappa shape index (κ3) is 3.44. The molecule has 8 heteroatoms. The molecule has 2 fully saturated rings. The quantitative estimate of drug-likeness (QED) is 0.455. The van der Waals surface area contributed by atoms with Crippen molar-refractivity contribution >= 4 is 17.8 Å². The summed E-state index contributed by atoms with van der Waals surface area (Å²) in [5.74, 6) is -2.03. The van der Waals surface area contributed by atoms with Crippen LogP contribution in [0.3, 0.4) is 0 Å². The van der Waals surface area contributed by atoms with E-state index in [9.17, 15) is 24.5 Å². The molecule has 1 heterocycles. The molecule has 26 heavy (non-hydrogen) atoms. The molecule has 1 aliphatic heterocycles. The Balaban J connectivity index is 1.84. The first-order chi connectivity index (χ1) is 12.5. The smallest absolute Gasteiger partial charge is 0.266 e. The van der Waals surface area contributed by atoms with Crippen molar-refractivity contribution in [1.29, 1.82) is 0 Å². The van der Waals surface area contributed by atoms with Crippen molar-refractivity contribution in [1.82, 2.24) is 9.80 Å². The van der Waals surface area contributed by atoms with Gasteiger partial charge in [0.05, 0.1) is 0 Å². The average Bonchev–Trinajstić information content (AvgIpc) is 2.63. The molecule has 1 saturated heterocycles. The van der Waals surface area contributed by atoms with Crippen LogP contribution in [0.5, 0.6) is 0 Å². The van der Waals surface area contributed by atoms with Crippen LogP contribution in [0.1, 0.15) is 37.7 Å². The van der Waals surface area contributed by atoms with E-state index < -0.39 is 28.8 Å². The summed E-state index contributed by atoms with van der Waals surface area (Å²) >= 11 is 0. The molecule has 0 spiro atoms. The van der Waals surface area contributed by atoms with Gasteiger partial charge in [0.25, 0.3) is 0 Å². The van der Waals surface area contributed by atoms with E-state index >= 15 is 0 Å². The van der Waals surface area contributed by atoms with E-state index in [-0.39, 0.29) is 12.6 Å². The lowest BCUT2D eigenvalue weighted by Crippen LogP contribution is -2.66. The van der Waals surface area contributed by atoms with Gasteiger partial charge in [0.1, 0.15) is 0 Å². The van der Waals surface area contributed by atoms with Gasteiger partial charge in [0.15, 0.2) is 0 Å². The lowest BCUT2D eigenvalue weighted by Gasteiger charge is -2.39. The van der Waals surface area contributed by atoms with Crippen LogP contribution < -0.4 is 0 Å². The van der Waals surface area contributed by atoms with Crippen molar-refractivity contribution in [3.05, 3.63) is 46.0 Å². The van der Waals surface area contributed by atoms with Crippen molar-refractivity contribution in [2.75, 3.05) is 6.54 Å². The van der Waals surface area contributed by atoms with Gasteiger partial charge in [0, 0.05) is 17.5 Å². The standard InChI is InChI=1S/C18H21N3O5/c22-16-15(21(25)26)17(23)20(14-9-5-2-6-10-14)18(24)19(16)12-11-13-7-3-1-4-8-13/h1,3-4,7-8,14-15H,2,5-6,9-12H2. The SMILES string of the molecule is O=C1C([N+](=O)[O-])C(=O)N(C2CCCCC2)C(=O)N1CCc1ccccc1. The molecular formula is C18H21N3O5. The lowest BCUT2D eigenvalue weighted by atomic mass is 9.93. The minimum absolute atomic E-state index is 0.0164. The molecule has 3 rings (SSSR count). The van der Waals surface area contributed by atoms with Crippen molar-refractivity contribution < 1.29 is 19.3 Å². The minimum Gasteiger partial charge on any atom is -0.266 e. The number of amides is 4. The van der Waals surface area contributed by atoms with Gasteiger partial charge in [-0.3, -0.25) is 29.5 Å². The van der Waals surface area contributed by atoms with Crippen LogP contribution in [0.25, 0.3) is 0 Å². The summed E-state index contributed by atoms with van der Waals surface area (Å²) in [4.78, 5) is 50.1. The van der Waals surface area contributed by atoms with Crippen molar-refractivity contribution in [2.45, 2.75) is 50.6 Å². The number of rotatable bonds is 5. The van der Waals surface area contributed by atoms with Crippen LogP contribution >= 0.6 is 0 Å². The highest BCUT2D eigenvalue weighted by Gasteiger charge is 2.54. The predicted molar refractivity (Wildman–Crippen MR) is 91.8 cm³/mol. The molecule has 0 N–H and O–H groups in total. The van der Waals surface area contributed by atoms with Gasteiger partial charge in [-0.05, 0) is 24.8 Å². The van der Waals surface area contributed by atoms with Gasteiger partial charge in [-0.2, -0.15) is 0 Å². The maximum absolute atomic E-state index is 12.8. The van der Waals surface area contributed by atoms with Crippen LogP contribution in [0, 0.1) is 10.1 Å². The second-order valence-corrected chi connectivity index (χ2v) is 6.70. The third-order valence-electron chi connectivity index (χ3n) is 5.03. The average molecular weight is 359 g/mol. The van der Waals surface area contributed by atoms with Gasteiger partial charge >= 0.3 is 23.9 Å². The molecule has 1 unspecified atom stereocenters. The molecular weight excluding hydrogens is 338 g/mol. The Bertz CT molecular complexity index is 715. The third-order valence-corrected chi connectivity index (χ3v) is 5.03. The normalized spacial score (nSPS) is 22.0. The van der Waals surface area contributed by atoms with E-state index in [0.717, 1.165) is 34.6 Å². The molecule has 1 aromatic rings. The Morgan fingerprint density at radius 2 is 1.65 bits per heavy atom. The van der Waals surface area contributed by atoms with E-state index in [0.29, 0.717) is 19.3 Å².